The number of methoxy groups -OCH3 is 1. The number of carbonyl (C=O) groups excluding carboxylic acids is 1. The highest BCUT2D eigenvalue weighted by molar-refractivity contribution is 7.13. The molecule has 0 aliphatic rings. The molecular formula is C19H22N4O2S. The van der Waals surface area contributed by atoms with Crippen molar-refractivity contribution in [3.05, 3.63) is 59.1 Å². The number of aryl methyl sites for hydroxylation is 1. The molecule has 2 heterocycles. The minimum atomic E-state index is -0.191. The van der Waals surface area contributed by atoms with Gasteiger partial charge >= 0.3 is 6.03 Å². The maximum atomic E-state index is 11.9. The molecule has 0 radical (unpaired) electrons. The smallest absolute Gasteiger partial charge is 0.315 e. The molecule has 0 saturated heterocycles. The molecule has 136 valence electrons. The van der Waals surface area contributed by atoms with E-state index in [1.807, 2.05) is 47.3 Å². The van der Waals surface area contributed by atoms with Gasteiger partial charge in [-0.3, -0.25) is 4.68 Å². The molecule has 0 aliphatic heterocycles. The summed E-state index contributed by atoms with van der Waals surface area (Å²) in [4.78, 5) is 13.1. The van der Waals surface area contributed by atoms with Crippen molar-refractivity contribution in [3.8, 4) is 16.3 Å². The van der Waals surface area contributed by atoms with E-state index in [0.717, 1.165) is 27.6 Å². The summed E-state index contributed by atoms with van der Waals surface area (Å²) in [5.74, 6) is 0.801. The lowest BCUT2D eigenvalue weighted by molar-refractivity contribution is 0.240. The van der Waals surface area contributed by atoms with Gasteiger partial charge in [0, 0.05) is 18.8 Å². The van der Waals surface area contributed by atoms with Gasteiger partial charge in [-0.1, -0.05) is 18.2 Å². The molecule has 7 heteroatoms. The molecule has 1 aromatic carbocycles. The van der Waals surface area contributed by atoms with Crippen LogP contribution in [0.15, 0.2) is 47.8 Å². The van der Waals surface area contributed by atoms with E-state index in [1.165, 1.54) is 0 Å². The highest BCUT2D eigenvalue weighted by Gasteiger charge is 2.07. The fourth-order valence-electron chi connectivity index (χ4n) is 2.54. The first-order valence-corrected chi connectivity index (χ1v) is 9.26. The lowest BCUT2D eigenvalue weighted by Gasteiger charge is -2.09. The van der Waals surface area contributed by atoms with Gasteiger partial charge in [0.2, 0.25) is 0 Å². The molecule has 3 aromatic rings. The topological polar surface area (TPSA) is 68.2 Å². The first-order chi connectivity index (χ1) is 12.7. The van der Waals surface area contributed by atoms with Crippen LogP contribution in [0, 0.1) is 6.92 Å². The summed E-state index contributed by atoms with van der Waals surface area (Å²) >= 11 is 1.67. The molecule has 3 rings (SSSR count). The zero-order chi connectivity index (χ0) is 18.4. The van der Waals surface area contributed by atoms with Crippen molar-refractivity contribution in [2.24, 2.45) is 0 Å². The Bertz CT molecular complexity index is 841. The number of hydrogen-bond donors (Lipinski definition) is 2. The Hall–Kier alpha value is -2.80. The average molecular weight is 370 g/mol. The standard InChI is InChI=1S/C19H22N4O2S/c1-14-12-17(18-4-3-11-26-18)22-23(14)10-9-20-19(24)21-13-15-5-7-16(25-2)8-6-15/h3-8,11-12H,9-10,13H2,1-2H3,(H2,20,21,24). The van der Waals surface area contributed by atoms with E-state index in [1.54, 1.807) is 18.4 Å². The Morgan fingerprint density at radius 2 is 2.04 bits per heavy atom. The Balaban J connectivity index is 1.43. The maximum absolute atomic E-state index is 11.9. The maximum Gasteiger partial charge on any atom is 0.315 e. The number of thiophene rings is 1. The minimum absolute atomic E-state index is 0.191. The van der Waals surface area contributed by atoms with Crippen molar-refractivity contribution >= 4 is 17.4 Å². The van der Waals surface area contributed by atoms with Crippen LogP contribution >= 0.6 is 11.3 Å². The van der Waals surface area contributed by atoms with Gasteiger partial charge in [-0.15, -0.1) is 11.3 Å². The molecule has 0 aliphatic carbocycles. The van der Waals surface area contributed by atoms with Crippen LogP contribution in [0.4, 0.5) is 4.79 Å². The third-order valence-electron chi connectivity index (χ3n) is 3.98. The number of rotatable bonds is 7. The number of carbonyl (C=O) groups is 1. The second-order valence-electron chi connectivity index (χ2n) is 5.83. The van der Waals surface area contributed by atoms with Gasteiger partial charge in [0.15, 0.2) is 0 Å². The van der Waals surface area contributed by atoms with E-state index in [4.69, 9.17) is 4.74 Å². The second-order valence-corrected chi connectivity index (χ2v) is 6.78. The predicted octanol–water partition coefficient (Wildman–Crippen LogP) is 3.43. The zero-order valence-electron chi connectivity index (χ0n) is 14.9. The molecule has 2 aromatic heterocycles. The summed E-state index contributed by atoms with van der Waals surface area (Å²) in [5, 5.41) is 12.4. The molecule has 0 fully saturated rings. The number of aromatic nitrogens is 2. The van der Waals surface area contributed by atoms with Crippen LogP contribution in [0.25, 0.3) is 10.6 Å². The van der Waals surface area contributed by atoms with Crippen molar-refractivity contribution in [1.29, 1.82) is 0 Å². The molecule has 0 bridgehead atoms. The average Bonchev–Trinajstić information content (AvgIpc) is 3.31. The summed E-state index contributed by atoms with van der Waals surface area (Å²) in [6, 6.07) is 13.6. The van der Waals surface area contributed by atoms with E-state index in [2.05, 4.69) is 27.9 Å². The quantitative estimate of drug-likeness (QED) is 0.669. The molecule has 0 atom stereocenters. The third-order valence-corrected chi connectivity index (χ3v) is 4.87. The Morgan fingerprint density at radius 3 is 2.73 bits per heavy atom. The van der Waals surface area contributed by atoms with Crippen LogP contribution in [0.2, 0.25) is 0 Å². The lowest BCUT2D eigenvalue weighted by atomic mass is 10.2. The number of urea groups is 1. The molecule has 26 heavy (non-hydrogen) atoms. The Morgan fingerprint density at radius 1 is 1.23 bits per heavy atom. The van der Waals surface area contributed by atoms with Crippen molar-refractivity contribution in [2.75, 3.05) is 13.7 Å². The van der Waals surface area contributed by atoms with Gasteiger partial charge in [0.1, 0.15) is 11.4 Å². The molecule has 6 nitrogen and oxygen atoms in total. The van der Waals surface area contributed by atoms with Crippen LogP contribution in [0.5, 0.6) is 5.75 Å². The largest absolute Gasteiger partial charge is 0.497 e. The van der Waals surface area contributed by atoms with Gasteiger partial charge < -0.3 is 15.4 Å². The van der Waals surface area contributed by atoms with E-state index >= 15 is 0 Å². The predicted molar refractivity (Wildman–Crippen MR) is 104 cm³/mol. The molecule has 0 saturated carbocycles. The highest BCUT2D eigenvalue weighted by Crippen LogP contribution is 2.23. The summed E-state index contributed by atoms with van der Waals surface area (Å²) < 4.78 is 7.03. The fraction of sp³-hybridized carbons (Fsp3) is 0.263. The van der Waals surface area contributed by atoms with Crippen LogP contribution in [0.3, 0.4) is 0 Å². The van der Waals surface area contributed by atoms with Crippen molar-refractivity contribution in [2.45, 2.75) is 20.0 Å². The summed E-state index contributed by atoms with van der Waals surface area (Å²) in [6.45, 7) is 3.64. The monoisotopic (exact) mass is 370 g/mol. The first-order valence-electron chi connectivity index (χ1n) is 8.38. The fourth-order valence-corrected chi connectivity index (χ4v) is 3.23. The number of benzene rings is 1. The van der Waals surface area contributed by atoms with Crippen LogP contribution in [0.1, 0.15) is 11.3 Å². The van der Waals surface area contributed by atoms with Crippen LogP contribution < -0.4 is 15.4 Å². The van der Waals surface area contributed by atoms with Gasteiger partial charge in [-0.25, -0.2) is 4.79 Å². The SMILES string of the molecule is COc1ccc(CNC(=O)NCCn2nc(-c3cccs3)cc2C)cc1. The van der Waals surface area contributed by atoms with Gasteiger partial charge in [0.25, 0.3) is 0 Å². The van der Waals surface area contributed by atoms with Crippen LogP contribution in [-0.4, -0.2) is 29.5 Å². The zero-order valence-corrected chi connectivity index (χ0v) is 15.7. The summed E-state index contributed by atoms with van der Waals surface area (Å²) in [6.07, 6.45) is 0. The van der Waals surface area contributed by atoms with Crippen LogP contribution in [-0.2, 0) is 13.1 Å². The molecule has 2 N–H and O–H groups in total. The van der Waals surface area contributed by atoms with Crippen molar-refractivity contribution in [1.82, 2.24) is 20.4 Å². The van der Waals surface area contributed by atoms with E-state index < -0.39 is 0 Å². The minimum Gasteiger partial charge on any atom is -0.497 e. The Labute approximate surface area is 156 Å². The first kappa shape index (κ1) is 18.0. The molecule has 2 amide bonds. The third kappa shape index (κ3) is 4.64. The number of hydrogen-bond acceptors (Lipinski definition) is 4. The molecular weight excluding hydrogens is 348 g/mol. The van der Waals surface area contributed by atoms with Crippen molar-refractivity contribution in [3.63, 3.8) is 0 Å². The highest BCUT2D eigenvalue weighted by atomic mass is 32.1. The number of nitrogens with one attached hydrogen (secondary N) is 2. The van der Waals surface area contributed by atoms with E-state index in [-0.39, 0.29) is 6.03 Å². The number of nitrogens with zero attached hydrogens (tertiary/aromatic N) is 2. The second kappa shape index (κ2) is 8.53. The number of amides is 2. The number of ether oxygens (including phenoxy) is 1. The Kier molecular flexibility index (Phi) is 5.91. The summed E-state index contributed by atoms with van der Waals surface area (Å²) in [5.41, 5.74) is 3.07. The summed E-state index contributed by atoms with van der Waals surface area (Å²) in [7, 11) is 1.63. The lowest BCUT2D eigenvalue weighted by Crippen LogP contribution is -2.37. The van der Waals surface area contributed by atoms with Gasteiger partial charge in [-0.05, 0) is 42.1 Å². The molecule has 0 unspecified atom stereocenters. The van der Waals surface area contributed by atoms with Gasteiger partial charge in [-0.2, -0.15) is 5.10 Å². The molecule has 0 spiro atoms. The normalized spacial score (nSPS) is 10.5. The van der Waals surface area contributed by atoms with E-state index in [0.29, 0.717) is 19.6 Å². The van der Waals surface area contributed by atoms with E-state index in [9.17, 15) is 4.79 Å². The van der Waals surface area contributed by atoms with Crippen molar-refractivity contribution < 1.29 is 9.53 Å². The van der Waals surface area contributed by atoms with Gasteiger partial charge in [0.05, 0.1) is 18.5 Å².